The van der Waals surface area contributed by atoms with Crippen molar-refractivity contribution >= 4 is 21.9 Å². The van der Waals surface area contributed by atoms with Crippen LogP contribution in [0.4, 0.5) is 0 Å². The van der Waals surface area contributed by atoms with Crippen LogP contribution in [0.15, 0.2) is 33.5 Å². The predicted octanol–water partition coefficient (Wildman–Crippen LogP) is 2.81. The second-order valence-electron chi connectivity index (χ2n) is 3.18. The lowest BCUT2D eigenvalue weighted by Crippen LogP contribution is -1.99. The number of aromatic nitrogens is 1. The zero-order chi connectivity index (χ0) is 12.4. The summed E-state index contributed by atoms with van der Waals surface area (Å²) in [5.41, 5.74) is 0.457. The van der Waals surface area contributed by atoms with E-state index in [0.29, 0.717) is 15.8 Å². The summed E-state index contributed by atoms with van der Waals surface area (Å²) < 4.78 is 10.9. The number of nitrogens with zero attached hydrogens (tertiary/aromatic N) is 1. The Kier molecular flexibility index (Phi) is 3.14. The smallest absolute Gasteiger partial charge is 0.358 e. The molecule has 0 saturated carbocycles. The largest absolute Gasteiger partial charge is 0.497 e. The van der Waals surface area contributed by atoms with Crippen molar-refractivity contribution < 1.29 is 19.1 Å². The lowest BCUT2D eigenvalue weighted by molar-refractivity contribution is 0.0691. The minimum atomic E-state index is -1.14. The highest BCUT2D eigenvalue weighted by molar-refractivity contribution is 9.10. The number of benzene rings is 1. The number of ether oxygens (including phenoxy) is 1. The normalized spacial score (nSPS) is 10.2. The molecule has 0 amide bonds. The Morgan fingerprint density at radius 1 is 1.53 bits per heavy atom. The zero-order valence-electron chi connectivity index (χ0n) is 8.81. The van der Waals surface area contributed by atoms with Crippen LogP contribution < -0.4 is 4.74 Å². The number of aromatic carboxylic acids is 1. The van der Waals surface area contributed by atoms with Crippen molar-refractivity contribution in [1.82, 2.24) is 4.98 Å². The van der Waals surface area contributed by atoms with Gasteiger partial charge in [0.2, 0.25) is 0 Å². The van der Waals surface area contributed by atoms with Gasteiger partial charge in [-0.05, 0) is 18.2 Å². The number of carboxylic acids is 1. The van der Waals surface area contributed by atoms with Crippen LogP contribution in [0.25, 0.3) is 11.3 Å². The summed E-state index contributed by atoms with van der Waals surface area (Å²) in [6.45, 7) is 0. The van der Waals surface area contributed by atoms with Crippen molar-refractivity contribution in [3.63, 3.8) is 0 Å². The van der Waals surface area contributed by atoms with Crippen molar-refractivity contribution in [2.75, 3.05) is 7.11 Å². The van der Waals surface area contributed by atoms with E-state index in [4.69, 9.17) is 14.3 Å². The first-order chi connectivity index (χ1) is 8.13. The highest BCUT2D eigenvalue weighted by Crippen LogP contribution is 2.33. The number of halogens is 1. The van der Waals surface area contributed by atoms with Gasteiger partial charge in [0.05, 0.1) is 7.11 Å². The fourth-order valence-electron chi connectivity index (χ4n) is 1.39. The van der Waals surface area contributed by atoms with E-state index >= 15 is 0 Å². The van der Waals surface area contributed by atoms with Gasteiger partial charge in [0.1, 0.15) is 5.75 Å². The molecule has 0 unspecified atom stereocenters. The van der Waals surface area contributed by atoms with E-state index in [1.165, 1.54) is 7.11 Å². The Morgan fingerprint density at radius 3 is 2.94 bits per heavy atom. The summed E-state index contributed by atoms with van der Waals surface area (Å²) in [4.78, 5) is 14.6. The molecular formula is C11H8BrNO4. The van der Waals surface area contributed by atoms with E-state index in [9.17, 15) is 4.79 Å². The average Bonchev–Trinajstić information content (AvgIpc) is 2.78. The molecule has 0 saturated heterocycles. The SMILES string of the molecule is COc1ccc(Br)c(-c2ocnc2C(=O)O)c1. The van der Waals surface area contributed by atoms with Crippen LogP contribution >= 0.6 is 15.9 Å². The number of hydrogen-bond donors (Lipinski definition) is 1. The highest BCUT2D eigenvalue weighted by atomic mass is 79.9. The third-order valence-corrected chi connectivity index (χ3v) is 2.88. The first kappa shape index (κ1) is 11.7. The van der Waals surface area contributed by atoms with Crippen LogP contribution in [0, 0.1) is 0 Å². The van der Waals surface area contributed by atoms with Crippen molar-refractivity contribution in [3.05, 3.63) is 34.8 Å². The van der Waals surface area contributed by atoms with Gasteiger partial charge >= 0.3 is 5.97 Å². The van der Waals surface area contributed by atoms with E-state index in [1.807, 2.05) is 0 Å². The van der Waals surface area contributed by atoms with E-state index < -0.39 is 5.97 Å². The maximum atomic E-state index is 11.0. The van der Waals surface area contributed by atoms with E-state index in [1.54, 1.807) is 18.2 Å². The summed E-state index contributed by atoms with van der Waals surface area (Å²) >= 11 is 3.33. The number of methoxy groups -OCH3 is 1. The molecule has 0 radical (unpaired) electrons. The van der Waals surface area contributed by atoms with Crippen molar-refractivity contribution in [2.24, 2.45) is 0 Å². The molecule has 1 N–H and O–H groups in total. The minimum Gasteiger partial charge on any atom is -0.497 e. The zero-order valence-corrected chi connectivity index (χ0v) is 10.4. The Bertz CT molecular complexity index is 564. The molecule has 1 aromatic carbocycles. The van der Waals surface area contributed by atoms with Gasteiger partial charge < -0.3 is 14.3 Å². The molecule has 2 rings (SSSR count). The fraction of sp³-hybridized carbons (Fsp3) is 0.0909. The van der Waals surface area contributed by atoms with E-state index in [2.05, 4.69) is 20.9 Å². The molecule has 2 aromatic rings. The molecular weight excluding hydrogens is 290 g/mol. The molecule has 0 aliphatic rings. The third kappa shape index (κ3) is 2.16. The molecule has 88 valence electrons. The van der Waals surface area contributed by atoms with Crippen LogP contribution in [-0.4, -0.2) is 23.2 Å². The molecule has 0 spiro atoms. The van der Waals surface area contributed by atoms with Crippen LogP contribution in [0.1, 0.15) is 10.5 Å². The Morgan fingerprint density at radius 2 is 2.29 bits per heavy atom. The van der Waals surface area contributed by atoms with E-state index in [0.717, 1.165) is 6.39 Å². The lowest BCUT2D eigenvalue weighted by Gasteiger charge is -2.05. The third-order valence-electron chi connectivity index (χ3n) is 2.19. The van der Waals surface area contributed by atoms with E-state index in [-0.39, 0.29) is 11.5 Å². The number of oxazole rings is 1. The van der Waals surface area contributed by atoms with Gasteiger partial charge in [0.15, 0.2) is 17.8 Å². The van der Waals surface area contributed by atoms with Crippen LogP contribution in [-0.2, 0) is 0 Å². The molecule has 0 aliphatic heterocycles. The Balaban J connectivity index is 2.59. The van der Waals surface area contributed by atoms with Crippen molar-refractivity contribution in [3.8, 4) is 17.1 Å². The maximum absolute atomic E-state index is 11.0. The molecule has 5 nitrogen and oxygen atoms in total. The van der Waals surface area contributed by atoms with Crippen LogP contribution in [0.3, 0.4) is 0 Å². The quantitative estimate of drug-likeness (QED) is 0.943. The Labute approximate surface area is 105 Å². The number of rotatable bonds is 3. The average molecular weight is 298 g/mol. The van der Waals surface area contributed by atoms with Crippen LogP contribution in [0.2, 0.25) is 0 Å². The number of carboxylic acid groups (broad SMARTS) is 1. The second-order valence-corrected chi connectivity index (χ2v) is 4.04. The topological polar surface area (TPSA) is 72.6 Å². The monoisotopic (exact) mass is 297 g/mol. The summed E-state index contributed by atoms with van der Waals surface area (Å²) in [7, 11) is 1.53. The first-order valence-corrected chi connectivity index (χ1v) is 5.43. The molecule has 0 fully saturated rings. The highest BCUT2D eigenvalue weighted by Gasteiger charge is 2.19. The molecule has 0 aliphatic carbocycles. The van der Waals surface area contributed by atoms with Gasteiger partial charge in [-0.2, -0.15) is 0 Å². The van der Waals surface area contributed by atoms with Gasteiger partial charge in [-0.1, -0.05) is 15.9 Å². The summed E-state index contributed by atoms with van der Waals surface area (Å²) in [5.74, 6) is -0.331. The van der Waals surface area contributed by atoms with Gasteiger partial charge in [0.25, 0.3) is 0 Å². The van der Waals surface area contributed by atoms with Crippen molar-refractivity contribution in [1.29, 1.82) is 0 Å². The molecule has 0 atom stereocenters. The Hall–Kier alpha value is -1.82. The van der Waals surface area contributed by atoms with Gasteiger partial charge in [-0.15, -0.1) is 0 Å². The lowest BCUT2D eigenvalue weighted by atomic mass is 10.1. The fourth-order valence-corrected chi connectivity index (χ4v) is 1.82. The van der Waals surface area contributed by atoms with Crippen LogP contribution in [0.5, 0.6) is 5.75 Å². The first-order valence-electron chi connectivity index (χ1n) is 4.64. The van der Waals surface area contributed by atoms with Gasteiger partial charge in [-0.25, -0.2) is 9.78 Å². The van der Waals surface area contributed by atoms with Gasteiger partial charge in [0, 0.05) is 10.0 Å². The number of hydrogen-bond acceptors (Lipinski definition) is 4. The molecule has 1 heterocycles. The summed E-state index contributed by atoms with van der Waals surface area (Å²) in [5, 5.41) is 8.96. The number of carbonyl (C=O) groups is 1. The minimum absolute atomic E-state index is 0.126. The predicted molar refractivity (Wildman–Crippen MR) is 63.2 cm³/mol. The summed E-state index contributed by atoms with van der Waals surface area (Å²) in [6, 6.07) is 5.18. The summed E-state index contributed by atoms with van der Waals surface area (Å²) in [6.07, 6.45) is 1.10. The molecule has 17 heavy (non-hydrogen) atoms. The molecule has 1 aromatic heterocycles. The molecule has 0 bridgehead atoms. The van der Waals surface area contributed by atoms with Crippen molar-refractivity contribution in [2.45, 2.75) is 0 Å². The van der Waals surface area contributed by atoms with Gasteiger partial charge in [-0.3, -0.25) is 0 Å². The second kappa shape index (κ2) is 4.58. The standard InChI is InChI=1S/C11H8BrNO4/c1-16-6-2-3-8(12)7(4-6)10-9(11(14)15)13-5-17-10/h2-5H,1H3,(H,14,15). The molecule has 6 heteroatoms. The maximum Gasteiger partial charge on any atom is 0.358 e.